The van der Waals surface area contributed by atoms with Crippen molar-refractivity contribution in [1.82, 2.24) is 40.1 Å². The Labute approximate surface area is 224 Å². The quantitative estimate of drug-likeness (QED) is 0.361. The number of carbonyl (C=O) groups is 2. The van der Waals surface area contributed by atoms with E-state index >= 15 is 4.39 Å². The molecular weight excluding hydrogens is 533 g/mol. The lowest BCUT2D eigenvalue weighted by atomic mass is 9.68. The molecule has 2 aliphatic rings. The topological polar surface area (TPSA) is 143 Å². The number of rotatable bonds is 5. The molecule has 11 nitrogen and oxygen atoms in total. The molecule has 2 N–H and O–H groups in total. The number of fused-ring (bicyclic) bond motifs is 1. The molecule has 5 heterocycles. The second kappa shape index (κ2) is 9.08. The van der Waals surface area contributed by atoms with Crippen LogP contribution in [0, 0.1) is 11.6 Å². The molecule has 0 bridgehead atoms. The Kier molecular flexibility index (Phi) is 5.79. The largest absolute Gasteiger partial charge is 0.476 e. The van der Waals surface area contributed by atoms with Crippen molar-refractivity contribution in [1.29, 1.82) is 0 Å². The van der Waals surface area contributed by atoms with E-state index in [1.54, 1.807) is 11.0 Å². The van der Waals surface area contributed by atoms with E-state index < -0.39 is 34.8 Å². The number of nitrogens with one attached hydrogen (secondary N) is 1. The number of halogens is 3. The number of pyridine rings is 1. The van der Waals surface area contributed by atoms with Gasteiger partial charge < -0.3 is 15.0 Å². The number of amides is 1. The van der Waals surface area contributed by atoms with Gasteiger partial charge in [-0.05, 0) is 53.5 Å². The van der Waals surface area contributed by atoms with Gasteiger partial charge in [-0.3, -0.25) is 4.79 Å². The number of aromatic amines is 1. The Hall–Kier alpha value is -4.46. The normalized spacial score (nSPS) is 20.7. The standard InChI is InChI=1S/C24H18BClF2N8O3/c25-24-5-3-16(22-30-9-14(32-22)12-4-6-29-21(19(12)27)23(38)39)36(24)17(37)7-11(8-24)18-15(35-10-31-33-34-35)2-1-13(26)20(18)28/h1-2,4,6-7,9-10,16H,3,5,8,25H2,(H,30,32)(H,38,39)/t16-,24+/m0/s1. The molecule has 15 heteroatoms. The predicted molar refractivity (Wildman–Crippen MR) is 136 cm³/mol. The van der Waals surface area contributed by atoms with Crippen molar-refractivity contribution in [3.05, 3.63) is 76.7 Å². The van der Waals surface area contributed by atoms with Crippen LogP contribution in [0.25, 0.3) is 22.5 Å². The van der Waals surface area contributed by atoms with Crippen molar-refractivity contribution >= 4 is 36.9 Å². The van der Waals surface area contributed by atoms with Crippen LogP contribution in [-0.4, -0.2) is 70.3 Å². The molecule has 4 aromatic rings. The monoisotopic (exact) mass is 550 g/mol. The first-order chi connectivity index (χ1) is 18.7. The summed E-state index contributed by atoms with van der Waals surface area (Å²) in [7, 11) is 1.92. The highest BCUT2D eigenvalue weighted by Gasteiger charge is 2.49. The second-order valence-electron chi connectivity index (χ2n) is 9.62. The summed E-state index contributed by atoms with van der Waals surface area (Å²) in [5.74, 6) is -3.06. The number of aromatic carboxylic acids is 1. The molecule has 0 aliphatic carbocycles. The third kappa shape index (κ3) is 3.98. The van der Waals surface area contributed by atoms with Gasteiger partial charge in [-0.1, -0.05) is 11.6 Å². The molecule has 2 aliphatic heterocycles. The summed E-state index contributed by atoms with van der Waals surface area (Å²) in [6, 6.07) is 3.89. The number of nitrogens with zero attached hydrogens (tertiary/aromatic N) is 7. The van der Waals surface area contributed by atoms with Crippen LogP contribution < -0.4 is 0 Å². The third-order valence-corrected chi connectivity index (χ3v) is 7.53. The Morgan fingerprint density at radius 3 is 2.79 bits per heavy atom. The molecule has 6 rings (SSSR count). The molecule has 39 heavy (non-hydrogen) atoms. The van der Waals surface area contributed by atoms with Gasteiger partial charge in [0, 0.05) is 28.8 Å². The van der Waals surface area contributed by atoms with E-state index in [2.05, 4.69) is 30.5 Å². The summed E-state index contributed by atoms with van der Waals surface area (Å²) in [4.78, 5) is 37.6. The van der Waals surface area contributed by atoms with E-state index in [0.29, 0.717) is 36.3 Å². The first-order valence-electron chi connectivity index (χ1n) is 11.9. The number of aromatic nitrogens is 7. The van der Waals surface area contributed by atoms with Gasteiger partial charge in [0.25, 0.3) is 0 Å². The van der Waals surface area contributed by atoms with Gasteiger partial charge >= 0.3 is 5.97 Å². The maximum Gasteiger partial charge on any atom is 0.357 e. The molecule has 0 unspecified atom stereocenters. The Morgan fingerprint density at radius 2 is 2.05 bits per heavy atom. The van der Waals surface area contributed by atoms with E-state index in [-0.39, 0.29) is 27.8 Å². The van der Waals surface area contributed by atoms with Gasteiger partial charge in [-0.15, -0.1) is 5.10 Å². The van der Waals surface area contributed by atoms with E-state index in [0.717, 1.165) is 0 Å². The van der Waals surface area contributed by atoms with Gasteiger partial charge in [-0.2, -0.15) is 4.68 Å². The number of benzene rings is 1. The van der Waals surface area contributed by atoms with Gasteiger partial charge in [-0.25, -0.2) is 23.5 Å². The summed E-state index contributed by atoms with van der Waals surface area (Å²) >= 11 is 6.11. The van der Waals surface area contributed by atoms with Crippen molar-refractivity contribution < 1.29 is 23.5 Å². The number of hydrogen-bond donors (Lipinski definition) is 2. The van der Waals surface area contributed by atoms with E-state index in [1.165, 1.54) is 41.6 Å². The minimum absolute atomic E-state index is 0.000577. The van der Waals surface area contributed by atoms with Crippen LogP contribution in [0.15, 0.2) is 43.0 Å². The number of carbonyl (C=O) groups excluding carboxylic acids is 1. The average Bonchev–Trinajstić information content (AvgIpc) is 3.65. The molecule has 2 atom stereocenters. The molecule has 1 saturated heterocycles. The van der Waals surface area contributed by atoms with Crippen LogP contribution in [-0.2, 0) is 4.79 Å². The number of carboxylic acid groups (broad SMARTS) is 1. The summed E-state index contributed by atoms with van der Waals surface area (Å²) < 4.78 is 31.5. The lowest BCUT2D eigenvalue weighted by Crippen LogP contribution is -2.51. The number of tetrazole rings is 1. The number of imidazole rings is 1. The van der Waals surface area contributed by atoms with Crippen molar-refractivity contribution in [2.75, 3.05) is 0 Å². The van der Waals surface area contributed by atoms with Crippen molar-refractivity contribution in [3.63, 3.8) is 0 Å². The highest BCUT2D eigenvalue weighted by molar-refractivity contribution is 6.31. The molecule has 0 spiro atoms. The maximum atomic E-state index is 15.4. The highest BCUT2D eigenvalue weighted by Crippen LogP contribution is 2.48. The minimum atomic E-state index is -1.48. The summed E-state index contributed by atoms with van der Waals surface area (Å²) in [6.45, 7) is 0. The van der Waals surface area contributed by atoms with Crippen LogP contribution in [0.5, 0.6) is 0 Å². The van der Waals surface area contributed by atoms with Gasteiger partial charge in [0.05, 0.1) is 28.6 Å². The number of hydrogen-bond acceptors (Lipinski definition) is 7. The van der Waals surface area contributed by atoms with Crippen LogP contribution in [0.2, 0.25) is 5.02 Å². The smallest absolute Gasteiger partial charge is 0.357 e. The van der Waals surface area contributed by atoms with E-state index in [9.17, 15) is 19.1 Å². The fourth-order valence-electron chi connectivity index (χ4n) is 5.52. The molecule has 1 amide bonds. The van der Waals surface area contributed by atoms with Gasteiger partial charge in [0.2, 0.25) is 5.91 Å². The van der Waals surface area contributed by atoms with Gasteiger partial charge in [0.1, 0.15) is 20.0 Å². The van der Waals surface area contributed by atoms with E-state index in [1.807, 2.05) is 7.85 Å². The molecule has 0 radical (unpaired) electrons. The predicted octanol–water partition coefficient (Wildman–Crippen LogP) is 2.56. The molecular formula is C24H18BClF2N8O3. The number of carboxylic acids is 1. The van der Waals surface area contributed by atoms with Gasteiger partial charge in [0.15, 0.2) is 17.3 Å². The second-order valence-corrected chi connectivity index (χ2v) is 10.0. The first kappa shape index (κ1) is 24.9. The van der Waals surface area contributed by atoms with Crippen LogP contribution >= 0.6 is 11.6 Å². The average molecular weight is 551 g/mol. The van der Waals surface area contributed by atoms with Crippen molar-refractivity contribution in [2.45, 2.75) is 30.7 Å². The fourth-order valence-corrected chi connectivity index (χ4v) is 5.68. The Bertz CT molecular complexity index is 1680. The zero-order chi connectivity index (χ0) is 27.5. The Morgan fingerprint density at radius 1 is 1.23 bits per heavy atom. The zero-order valence-corrected chi connectivity index (χ0v) is 21.0. The third-order valence-electron chi connectivity index (χ3n) is 7.24. The number of H-pyrrole nitrogens is 1. The maximum absolute atomic E-state index is 15.4. The SMILES string of the molecule is B[C@]12CC[C@@H](c3ncc(-c4ccnc(C(=O)O)c4F)[nH]3)N1C(=O)C=C(c1c(-n3cnnn3)ccc(Cl)c1F)C2. The summed E-state index contributed by atoms with van der Waals surface area (Å²) in [6.07, 6.45) is 6.78. The van der Waals surface area contributed by atoms with Crippen molar-refractivity contribution in [3.8, 4) is 16.9 Å². The molecule has 3 aromatic heterocycles. The first-order valence-corrected chi connectivity index (χ1v) is 12.2. The molecule has 1 fully saturated rings. The molecule has 1 aromatic carbocycles. The Balaban J connectivity index is 1.36. The molecule has 196 valence electrons. The zero-order valence-electron chi connectivity index (χ0n) is 20.3. The molecule has 0 saturated carbocycles. The fraction of sp³-hybridized carbons (Fsp3) is 0.208. The lowest BCUT2D eigenvalue weighted by molar-refractivity contribution is -0.130. The highest BCUT2D eigenvalue weighted by atomic mass is 35.5. The van der Waals surface area contributed by atoms with Crippen LogP contribution in [0.4, 0.5) is 8.78 Å². The summed E-state index contributed by atoms with van der Waals surface area (Å²) in [5, 5.41) is 20.2. The van der Waals surface area contributed by atoms with E-state index in [4.69, 9.17) is 11.6 Å². The minimum Gasteiger partial charge on any atom is -0.476 e. The van der Waals surface area contributed by atoms with Crippen LogP contribution in [0.3, 0.4) is 0 Å². The van der Waals surface area contributed by atoms with Crippen molar-refractivity contribution in [2.24, 2.45) is 0 Å². The van der Waals surface area contributed by atoms with Crippen LogP contribution in [0.1, 0.15) is 47.2 Å². The lowest BCUT2D eigenvalue weighted by Gasteiger charge is -2.42. The summed E-state index contributed by atoms with van der Waals surface area (Å²) in [5.41, 5.74) is -0.155.